The minimum Gasteiger partial charge on any atom is -0.372 e. The molecule has 0 aromatic heterocycles. The fourth-order valence-corrected chi connectivity index (χ4v) is 3.72. The molecule has 3 rings (SSSR count). The van der Waals surface area contributed by atoms with Gasteiger partial charge in [0.2, 0.25) is 0 Å². The SMILES string of the molecule is CCN(CC)c1ccc(/C=C2/C(=O)NC(=S)N(c3ccc(C(C)C)cc3)C2=O)cc1. The van der Waals surface area contributed by atoms with E-state index < -0.39 is 11.8 Å². The van der Waals surface area contributed by atoms with E-state index in [4.69, 9.17) is 12.2 Å². The van der Waals surface area contributed by atoms with Crippen molar-refractivity contribution in [2.24, 2.45) is 0 Å². The van der Waals surface area contributed by atoms with Crippen molar-refractivity contribution in [3.63, 3.8) is 0 Å². The quantitative estimate of drug-likeness (QED) is 0.424. The topological polar surface area (TPSA) is 52.7 Å². The van der Waals surface area contributed by atoms with Crippen molar-refractivity contribution in [3.8, 4) is 0 Å². The molecule has 1 aliphatic heterocycles. The van der Waals surface area contributed by atoms with Crippen LogP contribution >= 0.6 is 12.2 Å². The molecule has 2 amide bonds. The van der Waals surface area contributed by atoms with Gasteiger partial charge in [0, 0.05) is 18.8 Å². The zero-order chi connectivity index (χ0) is 21.8. The number of carbonyl (C=O) groups is 2. The van der Waals surface area contributed by atoms with Gasteiger partial charge in [0.05, 0.1) is 5.69 Å². The molecule has 1 fully saturated rings. The van der Waals surface area contributed by atoms with Gasteiger partial charge in [-0.3, -0.25) is 19.8 Å². The zero-order valence-electron chi connectivity index (χ0n) is 17.8. The minimum absolute atomic E-state index is 0.0622. The fraction of sp³-hybridized carbons (Fsp3) is 0.292. The molecule has 0 unspecified atom stereocenters. The second-order valence-electron chi connectivity index (χ2n) is 7.47. The van der Waals surface area contributed by atoms with Crippen LogP contribution < -0.4 is 15.1 Å². The maximum atomic E-state index is 13.1. The number of rotatable bonds is 6. The van der Waals surface area contributed by atoms with E-state index in [9.17, 15) is 9.59 Å². The van der Waals surface area contributed by atoms with E-state index in [1.54, 1.807) is 6.08 Å². The molecule has 0 atom stereocenters. The molecular formula is C24H27N3O2S. The summed E-state index contributed by atoms with van der Waals surface area (Å²) in [6.07, 6.45) is 1.61. The maximum absolute atomic E-state index is 13.1. The van der Waals surface area contributed by atoms with Crippen LogP contribution in [-0.2, 0) is 9.59 Å². The van der Waals surface area contributed by atoms with Gasteiger partial charge in [-0.25, -0.2) is 0 Å². The summed E-state index contributed by atoms with van der Waals surface area (Å²) in [6, 6.07) is 15.5. The first-order valence-corrected chi connectivity index (χ1v) is 10.6. The van der Waals surface area contributed by atoms with Crippen molar-refractivity contribution in [3.05, 3.63) is 65.2 Å². The molecule has 1 saturated heterocycles. The Morgan fingerprint density at radius 1 is 1.00 bits per heavy atom. The first-order chi connectivity index (χ1) is 14.3. The minimum atomic E-state index is -0.479. The van der Waals surface area contributed by atoms with E-state index in [0.29, 0.717) is 11.6 Å². The number of hydrogen-bond donors (Lipinski definition) is 1. The van der Waals surface area contributed by atoms with Crippen molar-refractivity contribution in [1.82, 2.24) is 5.32 Å². The van der Waals surface area contributed by atoms with Crippen LogP contribution in [0.4, 0.5) is 11.4 Å². The van der Waals surface area contributed by atoms with Crippen LogP contribution in [0.1, 0.15) is 44.7 Å². The normalized spacial score (nSPS) is 15.7. The predicted molar refractivity (Wildman–Crippen MR) is 127 cm³/mol. The fourth-order valence-electron chi connectivity index (χ4n) is 3.44. The number of hydrogen-bond acceptors (Lipinski definition) is 4. The summed E-state index contributed by atoms with van der Waals surface area (Å²) in [6.45, 7) is 10.3. The molecule has 6 heteroatoms. The first-order valence-electron chi connectivity index (χ1n) is 10.2. The Hall–Kier alpha value is -2.99. The largest absolute Gasteiger partial charge is 0.372 e. The van der Waals surface area contributed by atoms with Crippen LogP contribution in [0.25, 0.3) is 6.08 Å². The van der Waals surface area contributed by atoms with Gasteiger partial charge in [-0.05, 0) is 73.5 Å². The summed E-state index contributed by atoms with van der Waals surface area (Å²) in [5.74, 6) is -0.515. The van der Waals surface area contributed by atoms with Gasteiger partial charge in [0.25, 0.3) is 11.8 Å². The van der Waals surface area contributed by atoms with Crippen LogP contribution in [0, 0.1) is 0 Å². The van der Waals surface area contributed by atoms with E-state index in [1.165, 1.54) is 10.5 Å². The molecule has 0 radical (unpaired) electrons. The molecule has 0 aliphatic carbocycles. The number of anilines is 2. The summed E-state index contributed by atoms with van der Waals surface area (Å²) in [5.41, 5.74) is 3.76. The number of benzene rings is 2. The van der Waals surface area contributed by atoms with Crippen molar-refractivity contribution in [1.29, 1.82) is 0 Å². The highest BCUT2D eigenvalue weighted by atomic mass is 32.1. The Balaban J connectivity index is 1.90. The number of nitrogens with zero attached hydrogens (tertiary/aromatic N) is 2. The molecule has 0 saturated carbocycles. The van der Waals surface area contributed by atoms with Gasteiger partial charge >= 0.3 is 0 Å². The van der Waals surface area contributed by atoms with E-state index in [1.807, 2.05) is 48.5 Å². The van der Waals surface area contributed by atoms with Gasteiger partial charge in [-0.1, -0.05) is 38.1 Å². The number of amides is 2. The monoisotopic (exact) mass is 421 g/mol. The number of nitrogens with one attached hydrogen (secondary N) is 1. The standard InChI is InChI=1S/C24H27N3O2S/c1-5-26(6-2)19-11-7-17(8-12-19)15-21-22(28)25-24(30)27(23(21)29)20-13-9-18(10-14-20)16(3)4/h7-16H,5-6H2,1-4H3,(H,25,28,30)/b21-15-. The van der Waals surface area contributed by atoms with E-state index in [-0.39, 0.29) is 10.7 Å². The van der Waals surface area contributed by atoms with E-state index >= 15 is 0 Å². The smallest absolute Gasteiger partial charge is 0.270 e. The Labute approximate surface area is 183 Å². The first kappa shape index (κ1) is 21.7. The van der Waals surface area contributed by atoms with Crippen molar-refractivity contribution >= 4 is 46.6 Å². The second kappa shape index (κ2) is 9.22. The molecule has 0 bridgehead atoms. The molecule has 0 spiro atoms. The average Bonchev–Trinajstić information content (AvgIpc) is 2.73. The van der Waals surface area contributed by atoms with Crippen LogP contribution in [0.2, 0.25) is 0 Å². The maximum Gasteiger partial charge on any atom is 0.270 e. The van der Waals surface area contributed by atoms with Gasteiger partial charge < -0.3 is 4.90 Å². The summed E-state index contributed by atoms with van der Waals surface area (Å²) in [7, 11) is 0. The van der Waals surface area contributed by atoms with E-state index in [0.717, 1.165) is 24.3 Å². The third-order valence-corrected chi connectivity index (χ3v) is 5.54. The molecule has 30 heavy (non-hydrogen) atoms. The highest BCUT2D eigenvalue weighted by Gasteiger charge is 2.34. The van der Waals surface area contributed by atoms with Gasteiger partial charge in [0.15, 0.2) is 5.11 Å². The van der Waals surface area contributed by atoms with Crippen molar-refractivity contribution in [2.45, 2.75) is 33.6 Å². The highest BCUT2D eigenvalue weighted by molar-refractivity contribution is 7.80. The molecule has 156 valence electrons. The molecule has 5 nitrogen and oxygen atoms in total. The Morgan fingerprint density at radius 2 is 1.60 bits per heavy atom. The lowest BCUT2D eigenvalue weighted by Crippen LogP contribution is -2.54. The average molecular weight is 422 g/mol. The Bertz CT molecular complexity index is 975. The molecular weight excluding hydrogens is 394 g/mol. The molecule has 1 heterocycles. The Morgan fingerprint density at radius 3 is 2.13 bits per heavy atom. The number of thiocarbonyl (C=S) groups is 1. The van der Waals surface area contributed by atoms with Crippen LogP contribution in [0.3, 0.4) is 0 Å². The van der Waals surface area contributed by atoms with Gasteiger partial charge in [-0.2, -0.15) is 0 Å². The lowest BCUT2D eigenvalue weighted by molar-refractivity contribution is -0.122. The lowest BCUT2D eigenvalue weighted by Gasteiger charge is -2.29. The summed E-state index contributed by atoms with van der Waals surface area (Å²) in [5, 5.41) is 2.73. The number of carbonyl (C=O) groups excluding carboxylic acids is 2. The van der Waals surface area contributed by atoms with Crippen molar-refractivity contribution < 1.29 is 9.59 Å². The summed E-state index contributed by atoms with van der Waals surface area (Å²) in [4.78, 5) is 29.2. The summed E-state index contributed by atoms with van der Waals surface area (Å²) >= 11 is 5.28. The molecule has 2 aromatic carbocycles. The van der Waals surface area contributed by atoms with Gasteiger partial charge in [0.1, 0.15) is 5.57 Å². The zero-order valence-corrected chi connectivity index (χ0v) is 18.6. The lowest BCUT2D eigenvalue weighted by atomic mass is 10.0. The van der Waals surface area contributed by atoms with Crippen molar-refractivity contribution in [2.75, 3.05) is 22.9 Å². The molecule has 1 aliphatic rings. The predicted octanol–water partition coefficient (Wildman–Crippen LogP) is 4.49. The Kier molecular flexibility index (Phi) is 6.67. The van der Waals surface area contributed by atoms with E-state index in [2.05, 4.69) is 37.9 Å². The third-order valence-electron chi connectivity index (χ3n) is 5.25. The van der Waals surface area contributed by atoms with Crippen LogP contribution in [0.5, 0.6) is 0 Å². The second-order valence-corrected chi connectivity index (χ2v) is 7.85. The molecule has 1 N–H and O–H groups in total. The summed E-state index contributed by atoms with van der Waals surface area (Å²) < 4.78 is 0. The highest BCUT2D eigenvalue weighted by Crippen LogP contribution is 2.25. The van der Waals surface area contributed by atoms with Gasteiger partial charge in [-0.15, -0.1) is 0 Å². The van der Waals surface area contributed by atoms with Crippen LogP contribution in [-0.4, -0.2) is 30.0 Å². The van der Waals surface area contributed by atoms with Crippen LogP contribution in [0.15, 0.2) is 54.1 Å². The molecule has 2 aromatic rings. The third kappa shape index (κ3) is 4.44.